The molecule has 0 aliphatic carbocycles. The summed E-state index contributed by atoms with van der Waals surface area (Å²) in [5.74, 6) is 0.903. The molecule has 0 saturated carbocycles. The average Bonchev–Trinajstić information content (AvgIpc) is 2.39. The lowest BCUT2D eigenvalue weighted by Gasteiger charge is -2.19. The van der Waals surface area contributed by atoms with Crippen LogP contribution < -0.4 is 10.6 Å². The SMILES string of the molecule is CCNC(=NCCCOC)NCCN(CC)CC. The number of likely N-dealkylation sites (N-methyl/N-ethyl adjacent to an activating group) is 1. The van der Waals surface area contributed by atoms with E-state index in [1.807, 2.05) is 0 Å². The predicted molar refractivity (Wildman–Crippen MR) is 78.3 cm³/mol. The highest BCUT2D eigenvalue weighted by Gasteiger charge is 2.00. The van der Waals surface area contributed by atoms with Crippen molar-refractivity contribution in [3.63, 3.8) is 0 Å². The number of nitrogens with one attached hydrogen (secondary N) is 2. The Bertz CT molecular complexity index is 205. The maximum absolute atomic E-state index is 5.01. The summed E-state index contributed by atoms with van der Waals surface area (Å²) in [7, 11) is 1.72. The molecule has 2 N–H and O–H groups in total. The van der Waals surface area contributed by atoms with Crippen molar-refractivity contribution < 1.29 is 4.74 Å². The molecular weight excluding hydrogens is 228 g/mol. The van der Waals surface area contributed by atoms with Crippen LogP contribution in [0.25, 0.3) is 0 Å². The zero-order valence-corrected chi connectivity index (χ0v) is 12.5. The van der Waals surface area contributed by atoms with Gasteiger partial charge in [0.15, 0.2) is 5.96 Å². The minimum absolute atomic E-state index is 0.766. The van der Waals surface area contributed by atoms with Gasteiger partial charge in [0.05, 0.1) is 0 Å². The Hall–Kier alpha value is -0.810. The molecule has 18 heavy (non-hydrogen) atoms. The predicted octanol–water partition coefficient (Wildman–Crippen LogP) is 0.920. The van der Waals surface area contributed by atoms with Crippen molar-refractivity contribution in [3.8, 4) is 0 Å². The normalized spacial score (nSPS) is 11.9. The first-order chi connectivity index (χ1) is 8.78. The van der Waals surface area contributed by atoms with Crippen molar-refractivity contribution in [3.05, 3.63) is 0 Å². The monoisotopic (exact) mass is 258 g/mol. The van der Waals surface area contributed by atoms with Gasteiger partial charge in [0, 0.05) is 39.9 Å². The molecule has 0 aromatic rings. The number of nitrogens with zero attached hydrogens (tertiary/aromatic N) is 2. The third-order valence-electron chi connectivity index (χ3n) is 2.74. The summed E-state index contributed by atoms with van der Waals surface area (Å²) >= 11 is 0. The van der Waals surface area contributed by atoms with Crippen LogP contribution in [0.5, 0.6) is 0 Å². The molecule has 0 aromatic heterocycles. The quantitative estimate of drug-likeness (QED) is 0.347. The molecule has 0 spiro atoms. The molecule has 0 aliphatic heterocycles. The first kappa shape index (κ1) is 17.2. The molecule has 0 aromatic carbocycles. The van der Waals surface area contributed by atoms with Crippen LogP contribution in [0.4, 0.5) is 0 Å². The molecule has 0 fully saturated rings. The topological polar surface area (TPSA) is 48.9 Å². The standard InChI is InChI=1S/C13H30N4O/c1-5-14-13(15-9-8-12-18-4)16-10-11-17(6-2)7-3/h5-12H2,1-4H3,(H2,14,15,16). The van der Waals surface area contributed by atoms with Gasteiger partial charge in [-0.2, -0.15) is 0 Å². The van der Waals surface area contributed by atoms with E-state index in [1.165, 1.54) is 0 Å². The highest BCUT2D eigenvalue weighted by Crippen LogP contribution is 1.85. The van der Waals surface area contributed by atoms with E-state index >= 15 is 0 Å². The summed E-state index contributed by atoms with van der Waals surface area (Å²) in [6, 6.07) is 0. The summed E-state index contributed by atoms with van der Waals surface area (Å²) < 4.78 is 5.01. The van der Waals surface area contributed by atoms with Crippen LogP contribution in [0.2, 0.25) is 0 Å². The van der Waals surface area contributed by atoms with Gasteiger partial charge in [-0.3, -0.25) is 4.99 Å². The molecule has 0 rings (SSSR count). The molecule has 0 heterocycles. The third kappa shape index (κ3) is 9.24. The molecular formula is C13H30N4O. The Morgan fingerprint density at radius 3 is 2.44 bits per heavy atom. The van der Waals surface area contributed by atoms with Crippen molar-refractivity contribution in [2.24, 2.45) is 4.99 Å². The van der Waals surface area contributed by atoms with Gasteiger partial charge >= 0.3 is 0 Å². The van der Waals surface area contributed by atoms with E-state index < -0.39 is 0 Å². The zero-order valence-electron chi connectivity index (χ0n) is 12.5. The van der Waals surface area contributed by atoms with Crippen molar-refractivity contribution in [1.29, 1.82) is 0 Å². The molecule has 0 amide bonds. The lowest BCUT2D eigenvalue weighted by atomic mass is 10.4. The zero-order chi connectivity index (χ0) is 13.6. The van der Waals surface area contributed by atoms with Gasteiger partial charge in [-0.15, -0.1) is 0 Å². The van der Waals surface area contributed by atoms with Crippen molar-refractivity contribution >= 4 is 5.96 Å². The Balaban J connectivity index is 3.87. The van der Waals surface area contributed by atoms with E-state index in [-0.39, 0.29) is 0 Å². The number of methoxy groups -OCH3 is 1. The lowest BCUT2D eigenvalue weighted by Crippen LogP contribution is -2.41. The van der Waals surface area contributed by atoms with Gasteiger partial charge in [-0.05, 0) is 26.4 Å². The van der Waals surface area contributed by atoms with Gasteiger partial charge in [-0.1, -0.05) is 13.8 Å². The van der Waals surface area contributed by atoms with E-state index in [1.54, 1.807) is 7.11 Å². The van der Waals surface area contributed by atoms with Crippen molar-refractivity contribution in [2.75, 3.05) is 53.0 Å². The van der Waals surface area contributed by atoms with Gasteiger partial charge in [0.25, 0.3) is 0 Å². The Morgan fingerprint density at radius 2 is 1.89 bits per heavy atom. The van der Waals surface area contributed by atoms with Crippen LogP contribution in [0.3, 0.4) is 0 Å². The molecule has 0 saturated heterocycles. The smallest absolute Gasteiger partial charge is 0.191 e. The molecule has 5 nitrogen and oxygen atoms in total. The maximum Gasteiger partial charge on any atom is 0.191 e. The Labute approximate surface area is 112 Å². The summed E-state index contributed by atoms with van der Waals surface area (Å²) in [5, 5.41) is 6.60. The number of hydrogen-bond acceptors (Lipinski definition) is 3. The molecule has 108 valence electrons. The fourth-order valence-corrected chi connectivity index (χ4v) is 1.61. The maximum atomic E-state index is 5.01. The van der Waals surface area contributed by atoms with Gasteiger partial charge < -0.3 is 20.3 Å². The largest absolute Gasteiger partial charge is 0.385 e. The lowest BCUT2D eigenvalue weighted by molar-refractivity contribution is 0.197. The summed E-state index contributed by atoms with van der Waals surface area (Å²) in [5.41, 5.74) is 0. The van der Waals surface area contributed by atoms with E-state index in [9.17, 15) is 0 Å². The minimum Gasteiger partial charge on any atom is -0.385 e. The van der Waals surface area contributed by atoms with Gasteiger partial charge in [0.2, 0.25) is 0 Å². The highest BCUT2D eigenvalue weighted by atomic mass is 16.5. The summed E-state index contributed by atoms with van der Waals surface area (Å²) in [6.45, 7) is 13.1. The Kier molecular flexibility index (Phi) is 12.1. The fraction of sp³-hybridized carbons (Fsp3) is 0.923. The summed E-state index contributed by atoms with van der Waals surface area (Å²) in [4.78, 5) is 6.89. The van der Waals surface area contributed by atoms with E-state index in [2.05, 4.69) is 41.3 Å². The summed E-state index contributed by atoms with van der Waals surface area (Å²) in [6.07, 6.45) is 0.961. The van der Waals surface area contributed by atoms with Crippen LogP contribution >= 0.6 is 0 Å². The fourth-order valence-electron chi connectivity index (χ4n) is 1.61. The molecule has 0 unspecified atom stereocenters. The van der Waals surface area contributed by atoms with Crippen LogP contribution in [-0.2, 0) is 4.74 Å². The number of ether oxygens (including phenoxy) is 1. The third-order valence-corrected chi connectivity index (χ3v) is 2.74. The van der Waals surface area contributed by atoms with Crippen molar-refractivity contribution in [2.45, 2.75) is 27.2 Å². The Morgan fingerprint density at radius 1 is 1.17 bits per heavy atom. The van der Waals surface area contributed by atoms with Crippen LogP contribution in [-0.4, -0.2) is 63.8 Å². The number of rotatable bonds is 10. The first-order valence-electron chi connectivity index (χ1n) is 7.01. The second-order valence-corrected chi connectivity index (χ2v) is 4.06. The van der Waals surface area contributed by atoms with E-state index in [0.29, 0.717) is 0 Å². The number of aliphatic imine (C=N–C) groups is 1. The number of hydrogen-bond donors (Lipinski definition) is 2. The average molecular weight is 258 g/mol. The van der Waals surface area contributed by atoms with Crippen LogP contribution in [0.15, 0.2) is 4.99 Å². The first-order valence-corrected chi connectivity index (χ1v) is 7.01. The van der Waals surface area contributed by atoms with Crippen molar-refractivity contribution in [1.82, 2.24) is 15.5 Å². The molecule has 0 radical (unpaired) electrons. The minimum atomic E-state index is 0.766. The molecule has 0 atom stereocenters. The van der Waals surface area contributed by atoms with Crippen LogP contribution in [0, 0.1) is 0 Å². The van der Waals surface area contributed by atoms with Crippen LogP contribution in [0.1, 0.15) is 27.2 Å². The molecule has 0 bridgehead atoms. The van der Waals surface area contributed by atoms with E-state index in [0.717, 1.165) is 58.3 Å². The number of guanidine groups is 1. The van der Waals surface area contributed by atoms with E-state index in [4.69, 9.17) is 4.74 Å². The second kappa shape index (κ2) is 12.6. The second-order valence-electron chi connectivity index (χ2n) is 4.06. The molecule has 5 heteroatoms. The van der Waals surface area contributed by atoms with Gasteiger partial charge in [-0.25, -0.2) is 0 Å². The molecule has 0 aliphatic rings. The highest BCUT2D eigenvalue weighted by molar-refractivity contribution is 5.79. The van der Waals surface area contributed by atoms with Gasteiger partial charge in [0.1, 0.15) is 0 Å².